The fourth-order valence-corrected chi connectivity index (χ4v) is 1.14. The van der Waals surface area contributed by atoms with Gasteiger partial charge in [0.1, 0.15) is 0 Å². The van der Waals surface area contributed by atoms with Crippen molar-refractivity contribution in [3.05, 3.63) is 66.0 Å². The first-order valence-corrected chi connectivity index (χ1v) is 5.23. The van der Waals surface area contributed by atoms with Gasteiger partial charge in [0.25, 0.3) is 0 Å². The van der Waals surface area contributed by atoms with Gasteiger partial charge in [-0.1, -0.05) is 48.9 Å². The predicted octanol–water partition coefficient (Wildman–Crippen LogP) is 3.64. The summed E-state index contributed by atoms with van der Waals surface area (Å²) in [7, 11) is 0. The summed E-state index contributed by atoms with van der Waals surface area (Å²) >= 11 is 0. The Morgan fingerprint density at radius 1 is 1.00 bits per heavy atom. The minimum atomic E-state index is 1.08. The summed E-state index contributed by atoms with van der Waals surface area (Å²) in [5.74, 6) is 0. The zero-order valence-electron chi connectivity index (χ0n) is 9.35. The first-order chi connectivity index (χ1) is 7.33. The van der Waals surface area contributed by atoms with E-state index in [0.29, 0.717) is 0 Å². The number of hydrogen-bond acceptors (Lipinski definition) is 1. The summed E-state index contributed by atoms with van der Waals surface area (Å²) in [6.07, 6.45) is 4.76. The second-order valence-electron chi connectivity index (χ2n) is 3.37. The van der Waals surface area contributed by atoms with Crippen molar-refractivity contribution >= 4 is 0 Å². The van der Waals surface area contributed by atoms with Crippen molar-refractivity contribution in [2.24, 2.45) is 0 Å². The van der Waals surface area contributed by atoms with Gasteiger partial charge in [-0.15, -0.1) is 0 Å². The van der Waals surface area contributed by atoms with Gasteiger partial charge in [0.2, 0.25) is 0 Å². The minimum absolute atomic E-state index is 1.08. The van der Waals surface area contributed by atoms with Crippen LogP contribution in [-0.4, -0.2) is 4.98 Å². The predicted molar refractivity (Wildman–Crippen MR) is 64.8 cm³/mol. The van der Waals surface area contributed by atoms with Gasteiger partial charge in [-0.2, -0.15) is 0 Å². The van der Waals surface area contributed by atoms with Crippen molar-refractivity contribution in [2.45, 2.75) is 20.3 Å². The molecular formula is C14H17N. The zero-order chi connectivity index (χ0) is 10.9. The van der Waals surface area contributed by atoms with E-state index in [2.05, 4.69) is 37.0 Å². The molecule has 0 fully saturated rings. The van der Waals surface area contributed by atoms with Crippen molar-refractivity contribution in [1.29, 1.82) is 0 Å². The van der Waals surface area contributed by atoms with Crippen LogP contribution in [0.2, 0.25) is 0 Å². The van der Waals surface area contributed by atoms with Gasteiger partial charge in [-0.05, 0) is 25.0 Å². The Kier molecular flexibility index (Phi) is 5.16. The maximum atomic E-state index is 3.96. The fourth-order valence-electron chi connectivity index (χ4n) is 1.14. The molecule has 0 radical (unpaired) electrons. The van der Waals surface area contributed by atoms with Gasteiger partial charge < -0.3 is 0 Å². The Labute approximate surface area is 91.8 Å². The highest BCUT2D eigenvalue weighted by atomic mass is 14.6. The lowest BCUT2D eigenvalue weighted by atomic mass is 10.2. The van der Waals surface area contributed by atoms with Crippen LogP contribution >= 0.6 is 0 Å². The second-order valence-corrected chi connectivity index (χ2v) is 3.37. The van der Waals surface area contributed by atoms with Crippen LogP contribution in [0.25, 0.3) is 0 Å². The Morgan fingerprint density at radius 2 is 1.73 bits per heavy atom. The Morgan fingerprint density at radius 3 is 2.07 bits per heavy atom. The summed E-state index contributed by atoms with van der Waals surface area (Å²) in [6.45, 7) is 4.21. The lowest BCUT2D eigenvalue weighted by Crippen LogP contribution is -1.77. The van der Waals surface area contributed by atoms with E-state index in [4.69, 9.17) is 0 Å². The van der Waals surface area contributed by atoms with Crippen molar-refractivity contribution in [3.8, 4) is 0 Å². The van der Waals surface area contributed by atoms with E-state index in [1.165, 1.54) is 11.1 Å². The van der Waals surface area contributed by atoms with E-state index in [1.54, 1.807) is 6.20 Å². The molecule has 1 nitrogen and oxygen atoms in total. The number of rotatable bonds is 1. The summed E-state index contributed by atoms with van der Waals surface area (Å²) in [4.78, 5) is 3.96. The molecule has 0 aliphatic rings. The van der Waals surface area contributed by atoms with E-state index in [9.17, 15) is 0 Å². The molecule has 0 N–H and O–H groups in total. The number of nitrogens with zero attached hydrogens (tertiary/aromatic N) is 1. The van der Waals surface area contributed by atoms with Crippen LogP contribution in [0.5, 0.6) is 0 Å². The van der Waals surface area contributed by atoms with Crippen molar-refractivity contribution in [2.75, 3.05) is 0 Å². The molecule has 1 aromatic heterocycles. The molecule has 2 aromatic rings. The van der Waals surface area contributed by atoms with Crippen LogP contribution in [0.15, 0.2) is 54.9 Å². The Bertz CT molecular complexity index is 354. The van der Waals surface area contributed by atoms with Gasteiger partial charge in [0, 0.05) is 12.4 Å². The summed E-state index contributed by atoms with van der Waals surface area (Å²) in [5, 5.41) is 0. The number of pyridine rings is 1. The molecule has 0 saturated heterocycles. The fraction of sp³-hybridized carbons (Fsp3) is 0.214. The maximum absolute atomic E-state index is 3.96. The van der Waals surface area contributed by atoms with Gasteiger partial charge in [0.05, 0.1) is 0 Å². The monoisotopic (exact) mass is 199 g/mol. The summed E-state index contributed by atoms with van der Waals surface area (Å²) < 4.78 is 0. The van der Waals surface area contributed by atoms with E-state index < -0.39 is 0 Å². The number of benzene rings is 1. The smallest absolute Gasteiger partial charge is 0.0299 e. The van der Waals surface area contributed by atoms with Crippen LogP contribution in [-0.2, 0) is 6.42 Å². The van der Waals surface area contributed by atoms with E-state index in [-0.39, 0.29) is 0 Å². The largest absolute Gasteiger partial charge is 0.264 e. The van der Waals surface area contributed by atoms with Crippen molar-refractivity contribution in [3.63, 3.8) is 0 Å². The van der Waals surface area contributed by atoms with Gasteiger partial charge >= 0.3 is 0 Å². The average Bonchev–Trinajstić information content (AvgIpc) is 2.32. The molecule has 0 spiro atoms. The molecule has 15 heavy (non-hydrogen) atoms. The van der Waals surface area contributed by atoms with Crippen molar-refractivity contribution in [1.82, 2.24) is 4.98 Å². The third-order valence-corrected chi connectivity index (χ3v) is 2.07. The first-order valence-electron chi connectivity index (χ1n) is 5.23. The highest BCUT2D eigenvalue weighted by molar-refractivity contribution is 5.11. The quantitative estimate of drug-likeness (QED) is 0.683. The normalized spacial score (nSPS) is 8.93. The van der Waals surface area contributed by atoms with Crippen LogP contribution in [0, 0.1) is 6.92 Å². The number of hydrogen-bond donors (Lipinski definition) is 0. The van der Waals surface area contributed by atoms with E-state index in [0.717, 1.165) is 6.42 Å². The molecule has 0 aliphatic heterocycles. The third kappa shape index (κ3) is 4.96. The molecule has 0 unspecified atom stereocenters. The number of aryl methyl sites for hydroxylation is 2. The van der Waals surface area contributed by atoms with Crippen molar-refractivity contribution < 1.29 is 0 Å². The topological polar surface area (TPSA) is 12.9 Å². The van der Waals surface area contributed by atoms with Gasteiger partial charge in [-0.25, -0.2) is 0 Å². The molecule has 0 atom stereocenters. The highest BCUT2D eigenvalue weighted by Gasteiger charge is 1.81. The van der Waals surface area contributed by atoms with Gasteiger partial charge in [0.15, 0.2) is 0 Å². The van der Waals surface area contributed by atoms with Crippen LogP contribution in [0.3, 0.4) is 0 Å². The van der Waals surface area contributed by atoms with Crippen LogP contribution in [0.1, 0.15) is 18.1 Å². The van der Waals surface area contributed by atoms with Crippen LogP contribution in [0.4, 0.5) is 0 Å². The maximum Gasteiger partial charge on any atom is 0.0299 e. The molecular weight excluding hydrogens is 182 g/mol. The Hall–Kier alpha value is -1.63. The molecule has 0 aliphatic carbocycles. The number of aromatic nitrogens is 1. The molecule has 0 saturated carbocycles. The Balaban J connectivity index is 0.000000151. The molecule has 1 heterocycles. The molecule has 2 rings (SSSR count). The first kappa shape index (κ1) is 11.4. The molecule has 0 amide bonds. The van der Waals surface area contributed by atoms with Crippen LogP contribution < -0.4 is 0 Å². The summed E-state index contributed by atoms with van der Waals surface area (Å²) in [6, 6.07) is 14.3. The summed E-state index contributed by atoms with van der Waals surface area (Å²) in [5.41, 5.74) is 2.62. The van der Waals surface area contributed by atoms with E-state index >= 15 is 0 Å². The SMILES string of the molecule is CCc1cccnc1.Cc1ccccc1. The minimum Gasteiger partial charge on any atom is -0.264 e. The van der Waals surface area contributed by atoms with Gasteiger partial charge in [-0.3, -0.25) is 4.98 Å². The zero-order valence-corrected chi connectivity index (χ0v) is 9.35. The molecule has 1 aromatic carbocycles. The lowest BCUT2D eigenvalue weighted by molar-refractivity contribution is 1.10. The lowest BCUT2D eigenvalue weighted by Gasteiger charge is -1.88. The molecule has 78 valence electrons. The highest BCUT2D eigenvalue weighted by Crippen LogP contribution is 1.94. The molecule has 1 heteroatoms. The standard InChI is InChI=1S/C7H9N.C7H8/c1-2-7-4-3-5-8-6-7;1-7-5-3-2-4-6-7/h3-6H,2H2,1H3;2-6H,1H3. The molecule has 0 bridgehead atoms. The third-order valence-electron chi connectivity index (χ3n) is 2.07. The second kappa shape index (κ2) is 6.77. The average molecular weight is 199 g/mol. The van der Waals surface area contributed by atoms with E-state index in [1.807, 2.05) is 30.5 Å².